The number of nitrogens with two attached hydrogens (primary N) is 1. The van der Waals surface area contributed by atoms with Gasteiger partial charge < -0.3 is 15.7 Å². The predicted octanol–water partition coefficient (Wildman–Crippen LogP) is 2.18. The number of aliphatic hydroxyl groups is 1. The zero-order valence-corrected chi connectivity index (χ0v) is 17.1. The first-order chi connectivity index (χ1) is 14.8. The molecule has 168 valence electrons. The van der Waals surface area contributed by atoms with E-state index in [2.05, 4.69) is 14.9 Å². The minimum atomic E-state index is -4.49. The van der Waals surface area contributed by atoms with Gasteiger partial charge in [-0.25, -0.2) is 9.97 Å². The average Bonchev–Trinajstić information content (AvgIpc) is 2.70. The Balaban J connectivity index is 1.56. The Morgan fingerprint density at radius 1 is 1.19 bits per heavy atom. The molecule has 2 fully saturated rings. The van der Waals surface area contributed by atoms with Crippen molar-refractivity contribution in [2.75, 3.05) is 31.1 Å². The van der Waals surface area contributed by atoms with Crippen LogP contribution < -0.4 is 10.6 Å². The number of aliphatic hydroxyl groups excluding tert-OH is 1. The Morgan fingerprint density at radius 3 is 2.52 bits per heavy atom. The lowest BCUT2D eigenvalue weighted by molar-refractivity contribution is -0.137. The van der Waals surface area contributed by atoms with Gasteiger partial charge >= 0.3 is 6.18 Å². The highest BCUT2D eigenvalue weighted by Crippen LogP contribution is 2.36. The molecule has 7 nitrogen and oxygen atoms in total. The molecule has 10 heteroatoms. The molecule has 0 radical (unpaired) electrons. The van der Waals surface area contributed by atoms with E-state index in [1.54, 1.807) is 4.90 Å². The number of carbonyl (C=O) groups excluding carboxylic acids is 1. The summed E-state index contributed by atoms with van der Waals surface area (Å²) in [5.74, 6) is 0.0964. The minimum absolute atomic E-state index is 0.0734. The van der Waals surface area contributed by atoms with Crippen LogP contribution in [0.4, 0.5) is 19.0 Å². The molecule has 1 aromatic heterocycles. The van der Waals surface area contributed by atoms with Gasteiger partial charge in [0.15, 0.2) is 0 Å². The van der Waals surface area contributed by atoms with Gasteiger partial charge in [0.05, 0.1) is 23.7 Å². The van der Waals surface area contributed by atoms with Crippen LogP contribution in [0.3, 0.4) is 0 Å². The molecule has 0 bridgehead atoms. The Hall–Kier alpha value is -2.46. The van der Waals surface area contributed by atoms with Crippen LogP contribution in [0.2, 0.25) is 0 Å². The van der Waals surface area contributed by atoms with Gasteiger partial charge in [-0.1, -0.05) is 0 Å². The summed E-state index contributed by atoms with van der Waals surface area (Å²) in [6.45, 7) is 1.47. The number of alkyl halides is 3. The van der Waals surface area contributed by atoms with E-state index in [0.29, 0.717) is 36.4 Å². The summed E-state index contributed by atoms with van der Waals surface area (Å²) in [7, 11) is 0. The molecule has 1 aliphatic heterocycles. The molecule has 0 unspecified atom stereocenters. The van der Waals surface area contributed by atoms with E-state index in [4.69, 9.17) is 5.73 Å². The van der Waals surface area contributed by atoms with Gasteiger partial charge in [-0.05, 0) is 49.8 Å². The van der Waals surface area contributed by atoms with Crippen LogP contribution in [0.1, 0.15) is 31.2 Å². The van der Waals surface area contributed by atoms with Crippen LogP contribution in [0.15, 0.2) is 24.5 Å². The minimum Gasteiger partial charge on any atom is -0.396 e. The summed E-state index contributed by atoms with van der Waals surface area (Å²) >= 11 is 0. The molecule has 2 heterocycles. The number of hydrogen-bond acceptors (Lipinski definition) is 6. The number of fused-ring (bicyclic) bond motifs is 1. The van der Waals surface area contributed by atoms with Gasteiger partial charge in [-0.15, -0.1) is 0 Å². The van der Waals surface area contributed by atoms with Crippen molar-refractivity contribution in [1.29, 1.82) is 0 Å². The van der Waals surface area contributed by atoms with E-state index in [9.17, 15) is 23.1 Å². The fraction of sp³-hybridized carbons (Fsp3) is 0.571. The lowest BCUT2D eigenvalue weighted by atomic mass is 9.84. The normalized spacial score (nSPS) is 23.0. The highest BCUT2D eigenvalue weighted by atomic mass is 19.4. The number of hydrogen-bond donors (Lipinski definition) is 2. The first kappa shape index (κ1) is 21.8. The number of amides is 1. The van der Waals surface area contributed by atoms with Crippen molar-refractivity contribution >= 4 is 22.6 Å². The quantitative estimate of drug-likeness (QED) is 0.719. The van der Waals surface area contributed by atoms with Crippen molar-refractivity contribution < 1.29 is 23.1 Å². The number of anilines is 1. The molecule has 1 aliphatic carbocycles. The largest absolute Gasteiger partial charge is 0.416 e. The number of rotatable bonds is 6. The van der Waals surface area contributed by atoms with Crippen LogP contribution in [-0.4, -0.2) is 64.2 Å². The second-order valence-electron chi connectivity index (χ2n) is 8.49. The monoisotopic (exact) mass is 437 g/mol. The van der Waals surface area contributed by atoms with Crippen molar-refractivity contribution in [1.82, 2.24) is 14.9 Å². The molecule has 4 rings (SSSR count). The van der Waals surface area contributed by atoms with Crippen LogP contribution in [0.5, 0.6) is 0 Å². The average molecular weight is 437 g/mol. The molecular formula is C21H26F3N5O2. The number of likely N-dealkylation sites (tertiary alicyclic amines) is 1. The van der Waals surface area contributed by atoms with Crippen LogP contribution in [0.25, 0.3) is 10.9 Å². The number of halogens is 3. The molecule has 0 atom stereocenters. The number of nitrogens with zero attached hydrogens (tertiary/aromatic N) is 4. The molecule has 31 heavy (non-hydrogen) atoms. The van der Waals surface area contributed by atoms with Gasteiger partial charge in [-0.3, -0.25) is 9.69 Å². The maximum atomic E-state index is 13.3. The van der Waals surface area contributed by atoms with E-state index in [-0.39, 0.29) is 24.6 Å². The second kappa shape index (κ2) is 8.58. The highest BCUT2D eigenvalue weighted by molar-refractivity contribution is 5.92. The second-order valence-corrected chi connectivity index (χ2v) is 8.49. The van der Waals surface area contributed by atoms with Crippen molar-refractivity contribution in [2.24, 2.45) is 11.7 Å². The number of carbonyl (C=O) groups is 1. The molecular weight excluding hydrogens is 411 g/mol. The van der Waals surface area contributed by atoms with E-state index < -0.39 is 17.6 Å². The van der Waals surface area contributed by atoms with E-state index >= 15 is 0 Å². The number of aromatic nitrogens is 2. The molecule has 2 aliphatic rings. The van der Waals surface area contributed by atoms with Crippen LogP contribution >= 0.6 is 0 Å². The molecule has 1 saturated carbocycles. The van der Waals surface area contributed by atoms with Gasteiger partial charge in [0.2, 0.25) is 5.91 Å². The van der Waals surface area contributed by atoms with Crippen molar-refractivity contribution in [2.45, 2.75) is 43.9 Å². The fourth-order valence-corrected chi connectivity index (χ4v) is 4.67. The predicted molar refractivity (Wildman–Crippen MR) is 109 cm³/mol. The fourth-order valence-electron chi connectivity index (χ4n) is 4.67. The van der Waals surface area contributed by atoms with Crippen molar-refractivity contribution in [3.8, 4) is 0 Å². The summed E-state index contributed by atoms with van der Waals surface area (Å²) in [5, 5.41) is 9.57. The Labute approximate surface area is 178 Å². The van der Waals surface area contributed by atoms with E-state index in [0.717, 1.165) is 37.8 Å². The summed E-state index contributed by atoms with van der Waals surface area (Å²) in [6, 6.07) is 3.69. The summed E-state index contributed by atoms with van der Waals surface area (Å²) in [4.78, 5) is 24.1. The molecule has 1 aromatic carbocycles. The topological polar surface area (TPSA) is 95.6 Å². The summed E-state index contributed by atoms with van der Waals surface area (Å²) < 4.78 is 39.8. The Kier molecular flexibility index (Phi) is 6.02. The first-order valence-electron chi connectivity index (χ1n) is 10.5. The maximum Gasteiger partial charge on any atom is 0.416 e. The Morgan fingerprint density at radius 2 is 1.90 bits per heavy atom. The molecule has 1 saturated heterocycles. The lowest BCUT2D eigenvalue weighted by Crippen LogP contribution is -2.64. The SMILES string of the molecule is NC(=O)CN(c1ncnc2ccc(C(F)(F)F)cc12)C1CN(C2CCC(CO)CC2)C1. The van der Waals surface area contributed by atoms with Gasteiger partial charge in [0.25, 0.3) is 0 Å². The van der Waals surface area contributed by atoms with Gasteiger partial charge in [-0.2, -0.15) is 13.2 Å². The molecule has 3 N–H and O–H groups in total. The standard InChI is InChI=1S/C21H26F3N5O2/c22-21(23,24)14-3-6-18-17(7-14)20(27-12-26-18)29(10-19(25)31)16-8-28(9-16)15-4-1-13(11-30)2-5-15/h3,6-7,12-13,15-16,30H,1-2,4-5,8-11H2,(H2,25,31). The maximum absolute atomic E-state index is 13.3. The first-order valence-corrected chi connectivity index (χ1v) is 10.5. The smallest absolute Gasteiger partial charge is 0.396 e. The molecule has 0 spiro atoms. The zero-order valence-electron chi connectivity index (χ0n) is 17.1. The van der Waals surface area contributed by atoms with E-state index in [1.165, 1.54) is 12.4 Å². The lowest BCUT2D eigenvalue weighted by Gasteiger charge is -2.50. The zero-order chi connectivity index (χ0) is 22.2. The number of primary amides is 1. The highest BCUT2D eigenvalue weighted by Gasteiger charge is 2.39. The summed E-state index contributed by atoms with van der Waals surface area (Å²) in [5.41, 5.74) is 5.05. The van der Waals surface area contributed by atoms with Crippen molar-refractivity contribution in [3.63, 3.8) is 0 Å². The van der Waals surface area contributed by atoms with Crippen LogP contribution in [-0.2, 0) is 11.0 Å². The third-order valence-corrected chi connectivity index (χ3v) is 6.46. The Bertz CT molecular complexity index is 940. The summed E-state index contributed by atoms with van der Waals surface area (Å²) in [6.07, 6.45) is 0.814. The van der Waals surface area contributed by atoms with Crippen LogP contribution in [0, 0.1) is 5.92 Å². The van der Waals surface area contributed by atoms with Gasteiger partial charge in [0.1, 0.15) is 12.1 Å². The third-order valence-electron chi connectivity index (χ3n) is 6.46. The molecule has 1 amide bonds. The van der Waals surface area contributed by atoms with Gasteiger partial charge in [0, 0.05) is 31.1 Å². The third kappa shape index (κ3) is 4.59. The van der Waals surface area contributed by atoms with E-state index in [1.807, 2.05) is 0 Å². The number of benzene rings is 1. The molecule has 2 aromatic rings. The van der Waals surface area contributed by atoms with Crippen molar-refractivity contribution in [3.05, 3.63) is 30.1 Å².